The van der Waals surface area contributed by atoms with Crippen LogP contribution in [0.25, 0.3) is 0 Å². The zero-order chi connectivity index (χ0) is 13.0. The highest BCUT2D eigenvalue weighted by atomic mass is 79.9. The summed E-state index contributed by atoms with van der Waals surface area (Å²) in [5.74, 6) is 0. The zero-order valence-electron chi connectivity index (χ0n) is 10.0. The molecule has 1 aromatic heterocycles. The minimum absolute atomic E-state index is 0.692. The van der Waals surface area contributed by atoms with Crippen LogP contribution in [0.15, 0.2) is 41.1 Å². The summed E-state index contributed by atoms with van der Waals surface area (Å²) in [5, 5.41) is 12.9. The second kappa shape index (κ2) is 5.80. The molecule has 0 aliphatic carbocycles. The Labute approximate surface area is 115 Å². The van der Waals surface area contributed by atoms with Gasteiger partial charge in [0.2, 0.25) is 0 Å². The highest BCUT2D eigenvalue weighted by Crippen LogP contribution is 2.09. The molecule has 0 N–H and O–H groups in total. The third kappa shape index (κ3) is 3.42. The topological polar surface area (TPSA) is 44.9 Å². The molecule has 0 aliphatic rings. The predicted octanol–water partition coefficient (Wildman–Crippen LogP) is 2.61. The van der Waals surface area contributed by atoms with Crippen LogP contribution >= 0.6 is 15.9 Å². The van der Waals surface area contributed by atoms with Gasteiger partial charge < -0.3 is 0 Å². The van der Waals surface area contributed by atoms with Crippen molar-refractivity contribution >= 4 is 15.9 Å². The molecule has 18 heavy (non-hydrogen) atoms. The van der Waals surface area contributed by atoms with E-state index in [1.54, 1.807) is 6.20 Å². The summed E-state index contributed by atoms with van der Waals surface area (Å²) in [6, 6.07) is 9.76. The fourth-order valence-corrected chi connectivity index (χ4v) is 2.04. The summed E-state index contributed by atoms with van der Waals surface area (Å²) in [6.07, 6.45) is 3.71. The van der Waals surface area contributed by atoms with E-state index >= 15 is 0 Å². The zero-order valence-corrected chi connectivity index (χ0v) is 11.6. The number of rotatable bonds is 4. The molecule has 0 unspecified atom stereocenters. The summed E-state index contributed by atoms with van der Waals surface area (Å²) in [5.41, 5.74) is 1.88. The molecular weight excluding hydrogens is 292 g/mol. The van der Waals surface area contributed by atoms with Gasteiger partial charge in [-0.15, -0.1) is 0 Å². The van der Waals surface area contributed by atoms with Crippen molar-refractivity contribution in [1.82, 2.24) is 14.7 Å². The lowest BCUT2D eigenvalue weighted by Gasteiger charge is -2.16. The Morgan fingerprint density at radius 1 is 1.39 bits per heavy atom. The first-order valence-corrected chi connectivity index (χ1v) is 6.32. The molecule has 0 saturated carbocycles. The van der Waals surface area contributed by atoms with E-state index in [0.717, 1.165) is 17.7 Å². The summed E-state index contributed by atoms with van der Waals surface area (Å²) in [4.78, 5) is 2.15. The first kappa shape index (κ1) is 12.8. The molecule has 4 nitrogen and oxygen atoms in total. The number of benzene rings is 1. The monoisotopic (exact) mass is 304 g/mol. The van der Waals surface area contributed by atoms with Gasteiger partial charge in [-0.2, -0.15) is 10.4 Å². The maximum atomic E-state index is 8.73. The average Bonchev–Trinajstić information content (AvgIpc) is 2.75. The minimum atomic E-state index is 0.692. The molecule has 5 heteroatoms. The second-order valence-corrected chi connectivity index (χ2v) is 5.08. The van der Waals surface area contributed by atoms with Crippen LogP contribution in [0.1, 0.15) is 11.1 Å². The van der Waals surface area contributed by atoms with Crippen molar-refractivity contribution < 1.29 is 0 Å². The quantitative estimate of drug-likeness (QED) is 0.872. The number of nitriles is 1. The van der Waals surface area contributed by atoms with Gasteiger partial charge in [-0.1, -0.05) is 12.1 Å². The number of halogens is 1. The molecule has 0 saturated heterocycles. The molecule has 1 aromatic carbocycles. The van der Waals surface area contributed by atoms with Crippen LogP contribution in [-0.2, 0) is 13.2 Å². The molecule has 92 valence electrons. The molecule has 0 bridgehead atoms. The van der Waals surface area contributed by atoms with E-state index < -0.39 is 0 Å². The summed E-state index contributed by atoms with van der Waals surface area (Å²) in [6.45, 7) is 1.55. The summed E-state index contributed by atoms with van der Waals surface area (Å²) >= 11 is 3.37. The number of hydrogen-bond acceptors (Lipinski definition) is 3. The largest absolute Gasteiger partial charge is 0.283 e. The fraction of sp³-hybridized carbons (Fsp3) is 0.231. The Bertz CT molecular complexity index is 553. The maximum absolute atomic E-state index is 8.73. The Kier molecular flexibility index (Phi) is 4.13. The molecule has 0 amide bonds. The van der Waals surface area contributed by atoms with Gasteiger partial charge in [-0.05, 0) is 40.7 Å². The van der Waals surface area contributed by atoms with Crippen LogP contribution < -0.4 is 0 Å². The Morgan fingerprint density at radius 3 is 2.67 bits per heavy atom. The van der Waals surface area contributed by atoms with Gasteiger partial charge >= 0.3 is 0 Å². The average molecular weight is 305 g/mol. The van der Waals surface area contributed by atoms with Crippen molar-refractivity contribution in [3.63, 3.8) is 0 Å². The Morgan fingerprint density at radius 2 is 2.11 bits per heavy atom. The molecule has 0 atom stereocenters. The summed E-state index contributed by atoms with van der Waals surface area (Å²) in [7, 11) is 2.04. The molecule has 0 fully saturated rings. The second-order valence-electron chi connectivity index (χ2n) is 4.16. The normalized spacial score (nSPS) is 10.6. The Hall–Kier alpha value is -1.64. The van der Waals surface area contributed by atoms with E-state index in [9.17, 15) is 0 Å². The van der Waals surface area contributed by atoms with Crippen molar-refractivity contribution in [3.8, 4) is 6.07 Å². The number of nitrogens with zero attached hydrogens (tertiary/aromatic N) is 4. The van der Waals surface area contributed by atoms with E-state index in [1.165, 1.54) is 5.56 Å². The highest BCUT2D eigenvalue weighted by Gasteiger charge is 2.02. The standard InChI is InChI=1S/C13H13BrN4/c1-17(10-18-9-13(14)7-16-18)8-12-4-2-11(6-15)3-5-12/h2-5,7,9H,8,10H2,1H3. The lowest BCUT2D eigenvalue weighted by atomic mass is 10.1. The van der Waals surface area contributed by atoms with E-state index in [2.05, 4.69) is 32.0 Å². The van der Waals surface area contributed by atoms with Crippen molar-refractivity contribution in [1.29, 1.82) is 5.26 Å². The molecule has 2 aromatic rings. The molecule has 0 radical (unpaired) electrons. The SMILES string of the molecule is CN(Cc1ccc(C#N)cc1)Cn1cc(Br)cn1. The van der Waals surface area contributed by atoms with Crippen molar-refractivity contribution in [2.75, 3.05) is 7.05 Å². The molecule has 0 aliphatic heterocycles. The van der Waals surface area contributed by atoms with Crippen LogP contribution in [0.5, 0.6) is 0 Å². The molecule has 2 rings (SSSR count). The van der Waals surface area contributed by atoms with Crippen molar-refractivity contribution in [3.05, 3.63) is 52.3 Å². The van der Waals surface area contributed by atoms with Gasteiger partial charge in [0.1, 0.15) is 0 Å². The summed E-state index contributed by atoms with van der Waals surface area (Å²) < 4.78 is 2.85. The van der Waals surface area contributed by atoms with Crippen LogP contribution in [-0.4, -0.2) is 21.7 Å². The van der Waals surface area contributed by atoms with E-state index in [-0.39, 0.29) is 0 Å². The van der Waals surface area contributed by atoms with E-state index in [0.29, 0.717) is 5.56 Å². The van der Waals surface area contributed by atoms with Crippen LogP contribution in [0.2, 0.25) is 0 Å². The van der Waals surface area contributed by atoms with Gasteiger partial charge in [0, 0.05) is 12.7 Å². The van der Waals surface area contributed by atoms with Crippen LogP contribution in [0.4, 0.5) is 0 Å². The predicted molar refractivity (Wildman–Crippen MR) is 72.6 cm³/mol. The van der Waals surface area contributed by atoms with Gasteiger partial charge in [0.25, 0.3) is 0 Å². The maximum Gasteiger partial charge on any atom is 0.0991 e. The third-order valence-corrected chi connectivity index (χ3v) is 2.93. The lowest BCUT2D eigenvalue weighted by Crippen LogP contribution is -2.21. The fourth-order valence-electron chi connectivity index (χ4n) is 1.71. The first-order chi connectivity index (χ1) is 8.67. The van der Waals surface area contributed by atoms with Gasteiger partial charge in [0.15, 0.2) is 0 Å². The molecule has 1 heterocycles. The van der Waals surface area contributed by atoms with E-state index in [4.69, 9.17) is 5.26 Å². The van der Waals surface area contributed by atoms with E-state index in [1.807, 2.05) is 42.2 Å². The molecule has 0 spiro atoms. The van der Waals surface area contributed by atoms with Crippen molar-refractivity contribution in [2.24, 2.45) is 0 Å². The van der Waals surface area contributed by atoms with Gasteiger partial charge in [-0.3, -0.25) is 9.58 Å². The minimum Gasteiger partial charge on any atom is -0.283 e. The number of hydrogen-bond donors (Lipinski definition) is 0. The van der Waals surface area contributed by atoms with Crippen LogP contribution in [0.3, 0.4) is 0 Å². The third-order valence-electron chi connectivity index (χ3n) is 2.52. The van der Waals surface area contributed by atoms with Crippen LogP contribution in [0, 0.1) is 11.3 Å². The smallest absolute Gasteiger partial charge is 0.0991 e. The van der Waals surface area contributed by atoms with Gasteiger partial charge in [-0.25, -0.2) is 0 Å². The lowest BCUT2D eigenvalue weighted by molar-refractivity contribution is 0.246. The molecular formula is C13H13BrN4. The highest BCUT2D eigenvalue weighted by molar-refractivity contribution is 9.10. The van der Waals surface area contributed by atoms with Crippen molar-refractivity contribution in [2.45, 2.75) is 13.2 Å². The Balaban J connectivity index is 1.94. The number of aromatic nitrogens is 2. The van der Waals surface area contributed by atoms with Gasteiger partial charge in [0.05, 0.1) is 29.0 Å². The first-order valence-electron chi connectivity index (χ1n) is 5.53.